The number of ether oxygens (including phenoxy) is 1. The highest BCUT2D eigenvalue weighted by Gasteiger charge is 2.33. The average molecular weight is 437 g/mol. The molecule has 4 aliphatic rings. The van der Waals surface area contributed by atoms with Crippen LogP contribution in [0.3, 0.4) is 0 Å². The van der Waals surface area contributed by atoms with Gasteiger partial charge in [-0.15, -0.1) is 0 Å². The van der Waals surface area contributed by atoms with Crippen LogP contribution in [0.2, 0.25) is 0 Å². The first-order valence-electron chi connectivity index (χ1n) is 13.3. The maximum absolute atomic E-state index is 11.1. The van der Waals surface area contributed by atoms with E-state index in [9.17, 15) is 5.11 Å². The highest BCUT2D eigenvalue weighted by atomic mass is 16.5. The fourth-order valence-corrected chi connectivity index (χ4v) is 6.38. The third-order valence-electron chi connectivity index (χ3n) is 8.54. The zero-order valence-electron chi connectivity index (χ0n) is 20.3. The minimum atomic E-state index is -0.253. The minimum Gasteiger partial charge on any atom is -0.378 e. The van der Waals surface area contributed by atoms with Gasteiger partial charge in [0.2, 0.25) is 0 Å². The molecule has 3 heterocycles. The second-order valence-electron chi connectivity index (χ2n) is 10.8. The van der Waals surface area contributed by atoms with Gasteiger partial charge in [0.05, 0.1) is 12.2 Å². The molecule has 0 aromatic heterocycles. The fraction of sp³-hybridized carbons (Fsp3) is 1.00. The molecule has 0 radical (unpaired) electrons. The monoisotopic (exact) mass is 436 g/mol. The number of hydrogen-bond donors (Lipinski definition) is 1. The number of nitrogens with zero attached hydrogens (tertiary/aromatic N) is 4. The molecule has 3 aliphatic heterocycles. The van der Waals surface area contributed by atoms with Crippen LogP contribution in [0.4, 0.5) is 0 Å². The first-order chi connectivity index (χ1) is 15.1. The van der Waals surface area contributed by atoms with E-state index >= 15 is 0 Å². The lowest BCUT2D eigenvalue weighted by Gasteiger charge is -2.43. The standard InChI is InChI=1S/C25H48N4O2/c1-3-27-12-4-5-21(19-27)20-28-15-17-29(18-16-28)25(30)22-6-8-23(9-7-22)31-24-10-13-26(2)14-11-24/h21-25,30H,3-20H2,1-2H3/t21-,22-,23-,25?/m0/s1. The third kappa shape index (κ3) is 6.87. The van der Waals surface area contributed by atoms with E-state index < -0.39 is 0 Å². The quantitative estimate of drug-likeness (QED) is 0.661. The summed E-state index contributed by atoms with van der Waals surface area (Å²) in [4.78, 5) is 10.0. The van der Waals surface area contributed by atoms with Crippen LogP contribution in [0, 0.1) is 11.8 Å². The molecule has 4 rings (SSSR count). The summed E-state index contributed by atoms with van der Waals surface area (Å²) in [6.45, 7) is 13.9. The van der Waals surface area contributed by atoms with E-state index in [4.69, 9.17) is 4.74 Å². The molecule has 4 fully saturated rings. The molecule has 0 bridgehead atoms. The Balaban J connectivity index is 1.13. The first-order valence-corrected chi connectivity index (χ1v) is 13.3. The SMILES string of the molecule is CCN1CCC[C@H](CN2CCN(C(O)[C@H]3CC[C@H](OC4CCN(C)CC4)CC3)CC2)C1. The molecule has 6 heteroatoms. The molecule has 6 nitrogen and oxygen atoms in total. The lowest BCUT2D eigenvalue weighted by atomic mass is 9.85. The van der Waals surface area contributed by atoms with Crippen LogP contribution in [0.1, 0.15) is 58.3 Å². The van der Waals surface area contributed by atoms with Crippen LogP contribution in [0.25, 0.3) is 0 Å². The number of piperazine rings is 1. The maximum atomic E-state index is 11.1. The van der Waals surface area contributed by atoms with Crippen molar-refractivity contribution in [2.24, 2.45) is 11.8 Å². The van der Waals surface area contributed by atoms with E-state index in [1.807, 2.05) is 0 Å². The van der Waals surface area contributed by atoms with Crippen LogP contribution in [0.15, 0.2) is 0 Å². The second kappa shape index (κ2) is 11.8. The summed E-state index contributed by atoms with van der Waals surface area (Å²) in [6.07, 6.45) is 10.2. The first kappa shape index (κ1) is 23.9. The zero-order valence-corrected chi connectivity index (χ0v) is 20.3. The molecule has 31 heavy (non-hydrogen) atoms. The molecule has 1 unspecified atom stereocenters. The van der Waals surface area contributed by atoms with E-state index in [1.54, 1.807) is 0 Å². The molecule has 0 spiro atoms. The average Bonchev–Trinajstić information content (AvgIpc) is 2.81. The second-order valence-corrected chi connectivity index (χ2v) is 10.8. The van der Waals surface area contributed by atoms with Gasteiger partial charge in [-0.05, 0) is 83.3 Å². The lowest BCUT2D eigenvalue weighted by Crippen LogP contribution is -2.54. The minimum absolute atomic E-state index is 0.253. The Hall–Kier alpha value is -0.240. The Morgan fingerprint density at radius 2 is 1.48 bits per heavy atom. The van der Waals surface area contributed by atoms with Crippen LogP contribution >= 0.6 is 0 Å². The summed E-state index contributed by atoms with van der Waals surface area (Å²) >= 11 is 0. The van der Waals surface area contributed by atoms with Gasteiger partial charge in [0.1, 0.15) is 6.23 Å². The van der Waals surface area contributed by atoms with Crippen molar-refractivity contribution in [3.63, 3.8) is 0 Å². The Bertz CT molecular complexity index is 512. The number of aliphatic hydroxyl groups excluding tert-OH is 1. The highest BCUT2D eigenvalue weighted by Crippen LogP contribution is 2.32. The fourth-order valence-electron chi connectivity index (χ4n) is 6.38. The van der Waals surface area contributed by atoms with Gasteiger partial charge >= 0.3 is 0 Å². The molecule has 1 N–H and O–H groups in total. The van der Waals surface area contributed by atoms with Crippen molar-refractivity contribution in [3.8, 4) is 0 Å². The van der Waals surface area contributed by atoms with Crippen molar-refractivity contribution in [2.45, 2.75) is 76.7 Å². The summed E-state index contributed by atoms with van der Waals surface area (Å²) in [5.41, 5.74) is 0. The zero-order chi connectivity index (χ0) is 21.6. The normalized spacial score (nSPS) is 34.7. The Morgan fingerprint density at radius 1 is 0.806 bits per heavy atom. The molecule has 1 aliphatic carbocycles. The molecular weight excluding hydrogens is 388 g/mol. The third-order valence-corrected chi connectivity index (χ3v) is 8.54. The number of likely N-dealkylation sites (tertiary alicyclic amines) is 2. The smallest absolute Gasteiger partial charge is 0.110 e. The van der Waals surface area contributed by atoms with E-state index in [0.29, 0.717) is 18.1 Å². The summed E-state index contributed by atoms with van der Waals surface area (Å²) < 4.78 is 6.42. The van der Waals surface area contributed by atoms with Gasteiger partial charge in [0, 0.05) is 52.4 Å². The number of aliphatic hydroxyl groups is 1. The molecule has 0 aromatic rings. The summed E-state index contributed by atoms with van der Waals surface area (Å²) in [7, 11) is 2.21. The highest BCUT2D eigenvalue weighted by molar-refractivity contribution is 4.84. The van der Waals surface area contributed by atoms with Crippen LogP contribution in [0.5, 0.6) is 0 Å². The Morgan fingerprint density at radius 3 is 2.16 bits per heavy atom. The summed E-state index contributed by atoms with van der Waals surface area (Å²) in [6, 6.07) is 0. The van der Waals surface area contributed by atoms with Gasteiger partial charge in [-0.3, -0.25) is 4.90 Å². The van der Waals surface area contributed by atoms with Crippen molar-refractivity contribution < 1.29 is 9.84 Å². The Labute approximate surface area is 190 Å². The molecule has 1 saturated carbocycles. The Kier molecular flexibility index (Phi) is 9.06. The van der Waals surface area contributed by atoms with E-state index in [-0.39, 0.29) is 6.23 Å². The van der Waals surface area contributed by atoms with Crippen molar-refractivity contribution in [3.05, 3.63) is 0 Å². The van der Waals surface area contributed by atoms with Crippen molar-refractivity contribution in [1.29, 1.82) is 0 Å². The van der Waals surface area contributed by atoms with Crippen LogP contribution < -0.4 is 0 Å². The molecule has 0 aromatic carbocycles. The number of piperidine rings is 2. The van der Waals surface area contributed by atoms with E-state index in [1.165, 1.54) is 65.0 Å². The van der Waals surface area contributed by atoms with E-state index in [2.05, 4.69) is 33.6 Å². The van der Waals surface area contributed by atoms with Gasteiger partial charge in [-0.1, -0.05) is 6.92 Å². The molecular formula is C25H48N4O2. The van der Waals surface area contributed by atoms with Gasteiger partial charge in [-0.2, -0.15) is 0 Å². The van der Waals surface area contributed by atoms with Gasteiger partial charge in [-0.25, -0.2) is 0 Å². The number of rotatable bonds is 7. The topological polar surface area (TPSA) is 42.4 Å². The molecule has 0 amide bonds. The summed E-state index contributed by atoms with van der Waals surface area (Å²) in [5.74, 6) is 1.27. The molecule has 3 saturated heterocycles. The van der Waals surface area contributed by atoms with Crippen LogP contribution in [-0.4, -0.2) is 116 Å². The van der Waals surface area contributed by atoms with Crippen molar-refractivity contribution in [2.75, 3.05) is 72.5 Å². The predicted octanol–water partition coefficient (Wildman–Crippen LogP) is 2.32. The van der Waals surface area contributed by atoms with Crippen molar-refractivity contribution in [1.82, 2.24) is 19.6 Å². The van der Waals surface area contributed by atoms with Gasteiger partial charge < -0.3 is 24.5 Å². The van der Waals surface area contributed by atoms with E-state index in [0.717, 1.165) is 57.8 Å². The summed E-state index contributed by atoms with van der Waals surface area (Å²) in [5, 5.41) is 11.1. The van der Waals surface area contributed by atoms with Gasteiger partial charge in [0.15, 0.2) is 0 Å². The van der Waals surface area contributed by atoms with Crippen molar-refractivity contribution >= 4 is 0 Å². The van der Waals surface area contributed by atoms with Crippen LogP contribution in [-0.2, 0) is 4.74 Å². The molecule has 2 atom stereocenters. The largest absolute Gasteiger partial charge is 0.378 e. The maximum Gasteiger partial charge on any atom is 0.110 e. The van der Waals surface area contributed by atoms with Gasteiger partial charge in [0.25, 0.3) is 0 Å². The predicted molar refractivity (Wildman–Crippen MR) is 126 cm³/mol. The lowest BCUT2D eigenvalue weighted by molar-refractivity contribution is -0.0987. The number of hydrogen-bond acceptors (Lipinski definition) is 6. The molecule has 180 valence electrons.